The van der Waals surface area contributed by atoms with Crippen LogP contribution in [0.4, 0.5) is 9.18 Å². The zero-order chi connectivity index (χ0) is 17.7. The highest BCUT2D eigenvalue weighted by atomic mass is 19.1. The summed E-state index contributed by atoms with van der Waals surface area (Å²) in [6.07, 6.45) is 1.74. The Morgan fingerprint density at radius 2 is 1.96 bits per heavy atom. The first kappa shape index (κ1) is 17.9. The van der Waals surface area contributed by atoms with Gasteiger partial charge < -0.3 is 15.7 Å². The first-order chi connectivity index (χ1) is 11.3. The average Bonchev–Trinajstić information content (AvgIpc) is 3.00. The van der Waals surface area contributed by atoms with E-state index < -0.39 is 5.60 Å². The van der Waals surface area contributed by atoms with Crippen LogP contribution in [0.25, 0.3) is 5.69 Å². The summed E-state index contributed by atoms with van der Waals surface area (Å²) in [4.78, 5) is 11.8. The molecule has 1 aromatic heterocycles. The molecular formula is C17H23FN4O2. The molecule has 0 saturated carbocycles. The Labute approximate surface area is 140 Å². The highest BCUT2D eigenvalue weighted by Gasteiger charge is 2.25. The van der Waals surface area contributed by atoms with Crippen LogP contribution in [0.3, 0.4) is 0 Å². The van der Waals surface area contributed by atoms with E-state index in [-0.39, 0.29) is 30.9 Å². The number of aliphatic hydroxyl groups is 1. The van der Waals surface area contributed by atoms with Gasteiger partial charge in [0.2, 0.25) is 0 Å². The van der Waals surface area contributed by atoms with Gasteiger partial charge in [0.05, 0.1) is 23.5 Å². The van der Waals surface area contributed by atoms with Crippen LogP contribution in [0.1, 0.15) is 26.5 Å². The number of nitrogens with zero attached hydrogens (tertiary/aromatic N) is 2. The maximum atomic E-state index is 12.9. The Morgan fingerprint density at radius 3 is 2.58 bits per heavy atom. The van der Waals surface area contributed by atoms with Crippen molar-refractivity contribution in [2.45, 2.75) is 32.9 Å². The third-order valence-electron chi connectivity index (χ3n) is 4.02. The van der Waals surface area contributed by atoms with Crippen molar-refractivity contribution < 1.29 is 14.3 Å². The lowest BCUT2D eigenvalue weighted by Gasteiger charge is -2.27. The number of nitrogens with one attached hydrogen (secondary N) is 2. The van der Waals surface area contributed by atoms with Crippen molar-refractivity contribution in [3.05, 3.63) is 48.0 Å². The smallest absolute Gasteiger partial charge is 0.315 e. The molecule has 0 radical (unpaired) electrons. The van der Waals surface area contributed by atoms with Gasteiger partial charge in [-0.2, -0.15) is 5.10 Å². The molecular weight excluding hydrogens is 311 g/mol. The summed E-state index contributed by atoms with van der Waals surface area (Å²) in [5.74, 6) is -0.272. The molecule has 0 aliphatic carbocycles. The van der Waals surface area contributed by atoms with E-state index in [4.69, 9.17) is 0 Å². The molecule has 0 bridgehead atoms. The lowest BCUT2D eigenvalue weighted by molar-refractivity contribution is 0.0166. The minimum absolute atomic E-state index is 0.0317. The topological polar surface area (TPSA) is 79.2 Å². The van der Waals surface area contributed by atoms with Crippen molar-refractivity contribution >= 4 is 6.03 Å². The van der Waals surface area contributed by atoms with Crippen LogP contribution < -0.4 is 10.6 Å². The molecule has 6 nitrogen and oxygen atoms in total. The molecule has 1 aromatic carbocycles. The number of benzene rings is 1. The van der Waals surface area contributed by atoms with Gasteiger partial charge in [0.1, 0.15) is 5.82 Å². The summed E-state index contributed by atoms with van der Waals surface area (Å²) < 4.78 is 14.5. The number of rotatable bonds is 6. The van der Waals surface area contributed by atoms with Crippen LogP contribution in [0, 0.1) is 11.7 Å². The summed E-state index contributed by atoms with van der Waals surface area (Å²) in [5.41, 5.74) is 0.451. The standard InChI is InChI=1S/C17H23FN4O2/c1-12(2)17(3,24)11-20-16(23)19-10-14-8-9-22(21-14)15-6-4-13(18)5-7-15/h4-9,12,24H,10-11H2,1-3H3,(H2,19,20,23). The summed E-state index contributed by atoms with van der Waals surface area (Å²) in [6.45, 7) is 5.88. The van der Waals surface area contributed by atoms with Gasteiger partial charge in [-0.15, -0.1) is 0 Å². The van der Waals surface area contributed by atoms with Crippen LogP contribution in [-0.4, -0.2) is 33.1 Å². The van der Waals surface area contributed by atoms with Gasteiger partial charge in [-0.3, -0.25) is 0 Å². The molecule has 2 rings (SSSR count). The Balaban J connectivity index is 1.85. The number of hydrogen-bond acceptors (Lipinski definition) is 3. The fourth-order valence-corrected chi connectivity index (χ4v) is 1.89. The van der Waals surface area contributed by atoms with Gasteiger partial charge in [-0.25, -0.2) is 13.9 Å². The van der Waals surface area contributed by atoms with Crippen LogP contribution in [0.5, 0.6) is 0 Å². The predicted molar refractivity (Wildman–Crippen MR) is 89.2 cm³/mol. The minimum Gasteiger partial charge on any atom is -0.388 e. The molecule has 1 atom stereocenters. The second-order valence-electron chi connectivity index (χ2n) is 6.28. The molecule has 24 heavy (non-hydrogen) atoms. The molecule has 2 aromatic rings. The van der Waals surface area contributed by atoms with Gasteiger partial charge in [0.25, 0.3) is 0 Å². The first-order valence-electron chi connectivity index (χ1n) is 7.82. The summed E-state index contributed by atoms with van der Waals surface area (Å²) in [6, 6.07) is 7.38. The molecule has 2 amide bonds. The minimum atomic E-state index is -0.957. The summed E-state index contributed by atoms with van der Waals surface area (Å²) >= 11 is 0. The fourth-order valence-electron chi connectivity index (χ4n) is 1.89. The number of carbonyl (C=O) groups is 1. The van der Waals surface area contributed by atoms with E-state index in [1.54, 1.807) is 36.0 Å². The number of halogens is 1. The highest BCUT2D eigenvalue weighted by molar-refractivity contribution is 5.73. The molecule has 130 valence electrons. The van der Waals surface area contributed by atoms with Crippen molar-refractivity contribution in [2.24, 2.45) is 5.92 Å². The van der Waals surface area contributed by atoms with E-state index in [1.165, 1.54) is 12.1 Å². The molecule has 0 spiro atoms. The molecule has 3 N–H and O–H groups in total. The molecule has 0 saturated heterocycles. The Bertz CT molecular complexity index is 680. The quantitative estimate of drug-likeness (QED) is 0.758. The maximum Gasteiger partial charge on any atom is 0.315 e. The molecule has 0 aliphatic heterocycles. The van der Waals surface area contributed by atoms with E-state index in [0.29, 0.717) is 5.69 Å². The van der Waals surface area contributed by atoms with E-state index in [9.17, 15) is 14.3 Å². The van der Waals surface area contributed by atoms with Gasteiger partial charge in [-0.05, 0) is 43.2 Å². The monoisotopic (exact) mass is 334 g/mol. The zero-order valence-electron chi connectivity index (χ0n) is 14.1. The van der Waals surface area contributed by atoms with E-state index in [2.05, 4.69) is 15.7 Å². The normalized spacial score (nSPS) is 13.6. The summed E-state index contributed by atoms with van der Waals surface area (Å²) in [7, 11) is 0. The Kier molecular flexibility index (Phi) is 5.56. The van der Waals surface area contributed by atoms with Crippen molar-refractivity contribution in [1.82, 2.24) is 20.4 Å². The van der Waals surface area contributed by atoms with Crippen LogP contribution >= 0.6 is 0 Å². The largest absolute Gasteiger partial charge is 0.388 e. The third kappa shape index (κ3) is 4.79. The predicted octanol–water partition coefficient (Wildman–Crippen LogP) is 2.22. The second kappa shape index (κ2) is 7.44. The third-order valence-corrected chi connectivity index (χ3v) is 4.02. The average molecular weight is 334 g/mol. The molecule has 1 heterocycles. The Hall–Kier alpha value is -2.41. The van der Waals surface area contributed by atoms with Crippen LogP contribution in [0.2, 0.25) is 0 Å². The molecule has 0 aliphatic rings. The van der Waals surface area contributed by atoms with Crippen molar-refractivity contribution in [3.8, 4) is 5.69 Å². The first-order valence-corrected chi connectivity index (χ1v) is 7.82. The lowest BCUT2D eigenvalue weighted by Crippen LogP contribution is -2.47. The highest BCUT2D eigenvalue weighted by Crippen LogP contribution is 2.14. The Morgan fingerprint density at radius 1 is 1.29 bits per heavy atom. The molecule has 1 unspecified atom stereocenters. The molecule has 0 fully saturated rings. The lowest BCUT2D eigenvalue weighted by atomic mass is 9.93. The van der Waals surface area contributed by atoms with Crippen LogP contribution in [-0.2, 0) is 6.54 Å². The van der Waals surface area contributed by atoms with Crippen LogP contribution in [0.15, 0.2) is 36.5 Å². The number of carbonyl (C=O) groups excluding carboxylic acids is 1. The van der Waals surface area contributed by atoms with E-state index in [1.807, 2.05) is 13.8 Å². The maximum absolute atomic E-state index is 12.9. The molecule has 7 heteroatoms. The number of hydrogen-bond donors (Lipinski definition) is 3. The van der Waals surface area contributed by atoms with Gasteiger partial charge in [0.15, 0.2) is 0 Å². The fraction of sp³-hybridized carbons (Fsp3) is 0.412. The SMILES string of the molecule is CC(C)C(C)(O)CNC(=O)NCc1ccn(-c2ccc(F)cc2)n1. The van der Waals surface area contributed by atoms with Gasteiger partial charge >= 0.3 is 6.03 Å². The van der Waals surface area contributed by atoms with Crippen molar-refractivity contribution in [3.63, 3.8) is 0 Å². The summed E-state index contributed by atoms with van der Waals surface area (Å²) in [5, 5.41) is 19.7. The van der Waals surface area contributed by atoms with E-state index >= 15 is 0 Å². The number of urea groups is 1. The zero-order valence-corrected chi connectivity index (χ0v) is 14.1. The van der Waals surface area contributed by atoms with Gasteiger partial charge in [-0.1, -0.05) is 13.8 Å². The van der Waals surface area contributed by atoms with Crippen molar-refractivity contribution in [2.75, 3.05) is 6.54 Å². The van der Waals surface area contributed by atoms with Crippen molar-refractivity contribution in [1.29, 1.82) is 0 Å². The number of amides is 2. The second-order valence-corrected chi connectivity index (χ2v) is 6.28. The van der Waals surface area contributed by atoms with E-state index in [0.717, 1.165) is 5.69 Å². The number of aromatic nitrogens is 2. The van der Waals surface area contributed by atoms with Gasteiger partial charge in [0, 0.05) is 12.7 Å².